The third-order valence-electron chi connectivity index (χ3n) is 6.43. The van der Waals surface area contributed by atoms with Crippen molar-refractivity contribution >= 4 is 34.8 Å². The molecule has 1 atom stereocenters. The fourth-order valence-corrected chi connectivity index (χ4v) is 4.86. The van der Waals surface area contributed by atoms with Gasteiger partial charge in [-0.05, 0) is 42.7 Å². The van der Waals surface area contributed by atoms with Gasteiger partial charge < -0.3 is 10.2 Å². The first-order valence-electron chi connectivity index (χ1n) is 11.5. The monoisotopic (exact) mass is 473 g/mol. The number of fused-ring (bicyclic) bond motifs is 3. The van der Waals surface area contributed by atoms with E-state index in [1.165, 1.54) is 0 Å². The first-order chi connectivity index (χ1) is 16.5. The van der Waals surface area contributed by atoms with Gasteiger partial charge in [-0.2, -0.15) is 5.10 Å². The quantitative estimate of drug-likeness (QED) is 0.474. The zero-order chi connectivity index (χ0) is 23.7. The van der Waals surface area contributed by atoms with Crippen LogP contribution in [0, 0.1) is 6.57 Å². The molecule has 2 amide bonds. The Balaban J connectivity index is 1.52. The van der Waals surface area contributed by atoms with Crippen LogP contribution in [0.1, 0.15) is 54.2 Å². The van der Waals surface area contributed by atoms with Gasteiger partial charge in [-0.1, -0.05) is 48.7 Å². The summed E-state index contributed by atoms with van der Waals surface area (Å²) in [4.78, 5) is 31.2. The maximum atomic E-state index is 13.5. The fraction of sp³-hybridized carbons (Fsp3) is 0.308. The van der Waals surface area contributed by atoms with E-state index in [0.717, 1.165) is 36.8 Å². The summed E-state index contributed by atoms with van der Waals surface area (Å²) >= 11 is 6.21. The predicted molar refractivity (Wildman–Crippen MR) is 131 cm³/mol. The van der Waals surface area contributed by atoms with E-state index in [1.807, 2.05) is 33.8 Å². The van der Waals surface area contributed by atoms with Crippen LogP contribution in [-0.4, -0.2) is 33.0 Å². The van der Waals surface area contributed by atoms with Gasteiger partial charge in [0.05, 0.1) is 24.0 Å². The second-order valence-electron chi connectivity index (χ2n) is 8.81. The highest BCUT2D eigenvalue weighted by molar-refractivity contribution is 6.31. The first kappa shape index (κ1) is 22.2. The number of nitrogens with zero attached hydrogens (tertiary/aromatic N) is 4. The number of nitrogens with one attached hydrogen (secondary N) is 1. The van der Waals surface area contributed by atoms with Gasteiger partial charge in [0, 0.05) is 30.1 Å². The molecule has 0 radical (unpaired) electrons. The summed E-state index contributed by atoms with van der Waals surface area (Å²) < 4.78 is 1.87. The van der Waals surface area contributed by atoms with Crippen molar-refractivity contribution in [3.05, 3.63) is 76.2 Å². The third-order valence-corrected chi connectivity index (χ3v) is 6.67. The summed E-state index contributed by atoms with van der Waals surface area (Å²) in [6.07, 6.45) is 4.03. The molecule has 1 unspecified atom stereocenters. The molecule has 172 valence electrons. The zero-order valence-corrected chi connectivity index (χ0v) is 19.4. The Kier molecular flexibility index (Phi) is 6.08. The summed E-state index contributed by atoms with van der Waals surface area (Å²) in [5.41, 5.74) is 4.11. The van der Waals surface area contributed by atoms with E-state index in [-0.39, 0.29) is 17.9 Å². The van der Waals surface area contributed by atoms with E-state index in [0.29, 0.717) is 47.3 Å². The highest BCUT2D eigenvalue weighted by Crippen LogP contribution is 2.35. The molecule has 0 aliphatic carbocycles. The van der Waals surface area contributed by atoms with Crippen molar-refractivity contribution in [2.24, 2.45) is 0 Å². The van der Waals surface area contributed by atoms with Crippen LogP contribution in [0.2, 0.25) is 5.02 Å². The van der Waals surface area contributed by atoms with Crippen LogP contribution >= 0.6 is 11.6 Å². The minimum absolute atomic E-state index is 0.0439. The van der Waals surface area contributed by atoms with E-state index >= 15 is 0 Å². The van der Waals surface area contributed by atoms with Crippen molar-refractivity contribution in [1.82, 2.24) is 14.7 Å². The number of anilines is 1. The van der Waals surface area contributed by atoms with Gasteiger partial charge in [0.2, 0.25) is 5.91 Å². The second kappa shape index (κ2) is 9.32. The lowest BCUT2D eigenvalue weighted by molar-refractivity contribution is -0.116. The molecule has 8 heteroatoms. The Morgan fingerprint density at radius 2 is 1.91 bits per heavy atom. The van der Waals surface area contributed by atoms with Crippen molar-refractivity contribution in [2.45, 2.75) is 44.7 Å². The molecule has 2 aromatic carbocycles. The molecule has 3 aromatic rings. The van der Waals surface area contributed by atoms with Crippen molar-refractivity contribution in [2.75, 3.05) is 11.9 Å². The smallest absolute Gasteiger partial charge is 0.272 e. The van der Waals surface area contributed by atoms with Crippen LogP contribution in [0.5, 0.6) is 0 Å². The number of rotatable bonds is 2. The van der Waals surface area contributed by atoms with E-state index in [9.17, 15) is 9.59 Å². The molecule has 1 aromatic heterocycles. The predicted octanol–water partition coefficient (Wildman–Crippen LogP) is 5.85. The van der Waals surface area contributed by atoms with Crippen LogP contribution < -0.4 is 5.32 Å². The lowest BCUT2D eigenvalue weighted by Gasteiger charge is -2.33. The number of hydrogen-bond acceptors (Lipinski definition) is 3. The van der Waals surface area contributed by atoms with Crippen molar-refractivity contribution in [3.8, 4) is 11.3 Å². The van der Waals surface area contributed by atoms with Gasteiger partial charge in [-0.15, -0.1) is 0 Å². The summed E-state index contributed by atoms with van der Waals surface area (Å²) in [5.74, 6) is -0.117. The maximum Gasteiger partial charge on any atom is 0.272 e. The van der Waals surface area contributed by atoms with Gasteiger partial charge in [0.25, 0.3) is 5.91 Å². The Labute approximate surface area is 203 Å². The topological polar surface area (TPSA) is 71.6 Å². The number of benzene rings is 2. The molecule has 7 nitrogen and oxygen atoms in total. The number of amides is 2. The Morgan fingerprint density at radius 1 is 1.09 bits per heavy atom. The molecule has 0 fully saturated rings. The van der Waals surface area contributed by atoms with E-state index in [2.05, 4.69) is 10.2 Å². The summed E-state index contributed by atoms with van der Waals surface area (Å²) in [6, 6.07) is 14.6. The van der Waals surface area contributed by atoms with Crippen molar-refractivity contribution in [1.29, 1.82) is 0 Å². The lowest BCUT2D eigenvalue weighted by atomic mass is 10.0. The van der Waals surface area contributed by atoms with E-state index in [4.69, 9.17) is 23.3 Å². The largest absolute Gasteiger partial charge is 0.331 e. The number of carbonyl (C=O) groups is 2. The number of carbonyl (C=O) groups excluding carboxylic acids is 2. The fourth-order valence-electron chi connectivity index (χ4n) is 4.69. The van der Waals surface area contributed by atoms with Crippen LogP contribution in [0.15, 0.2) is 48.5 Å². The molecule has 5 rings (SSSR count). The molecule has 2 aliphatic heterocycles. The van der Waals surface area contributed by atoms with Crippen LogP contribution in [0.4, 0.5) is 11.4 Å². The average molecular weight is 474 g/mol. The van der Waals surface area contributed by atoms with Gasteiger partial charge in [-0.3, -0.25) is 14.3 Å². The Morgan fingerprint density at radius 3 is 2.71 bits per heavy atom. The molecule has 34 heavy (non-hydrogen) atoms. The molecular formula is C26H24ClN5O2. The van der Waals surface area contributed by atoms with Gasteiger partial charge >= 0.3 is 0 Å². The van der Waals surface area contributed by atoms with Gasteiger partial charge in [0.1, 0.15) is 5.69 Å². The highest BCUT2D eigenvalue weighted by atomic mass is 35.5. The lowest BCUT2D eigenvalue weighted by Crippen LogP contribution is -2.42. The number of hydrogen-bond donors (Lipinski definition) is 1. The molecular weight excluding hydrogens is 450 g/mol. The maximum absolute atomic E-state index is 13.5. The second-order valence-corrected chi connectivity index (χ2v) is 9.25. The molecule has 2 bridgehead atoms. The number of aromatic nitrogens is 2. The minimum atomic E-state index is -0.0732. The van der Waals surface area contributed by atoms with Gasteiger partial charge in [-0.25, -0.2) is 4.85 Å². The molecule has 1 N–H and O–H groups in total. The van der Waals surface area contributed by atoms with Crippen LogP contribution in [-0.2, 0) is 11.3 Å². The Hall–Kier alpha value is -3.63. The average Bonchev–Trinajstić information content (AvgIpc) is 3.27. The SMILES string of the molecule is [C-]#[N+]c1ccc(CN2CC3CCCCCC(=O)Nc4cc(Cl)ccc4-c4cc(n3n4)C2=O)cc1. The minimum Gasteiger partial charge on any atom is -0.331 e. The summed E-state index contributed by atoms with van der Waals surface area (Å²) in [5, 5.41) is 8.33. The number of halogens is 1. The Bertz CT molecular complexity index is 1290. The normalized spacial score (nSPS) is 18.1. The van der Waals surface area contributed by atoms with Crippen molar-refractivity contribution < 1.29 is 9.59 Å². The molecule has 0 spiro atoms. The van der Waals surface area contributed by atoms with Crippen LogP contribution in [0.25, 0.3) is 16.1 Å². The molecule has 2 aliphatic rings. The van der Waals surface area contributed by atoms with Crippen molar-refractivity contribution in [3.63, 3.8) is 0 Å². The summed E-state index contributed by atoms with van der Waals surface area (Å²) in [6.45, 7) is 8.19. The van der Waals surface area contributed by atoms with Gasteiger partial charge in [0.15, 0.2) is 5.69 Å². The zero-order valence-electron chi connectivity index (χ0n) is 18.6. The first-order valence-corrected chi connectivity index (χ1v) is 11.8. The molecule has 0 saturated carbocycles. The molecule has 3 heterocycles. The highest BCUT2D eigenvalue weighted by Gasteiger charge is 2.33. The summed E-state index contributed by atoms with van der Waals surface area (Å²) in [7, 11) is 0. The van der Waals surface area contributed by atoms with E-state index < -0.39 is 0 Å². The van der Waals surface area contributed by atoms with Crippen LogP contribution in [0.3, 0.4) is 0 Å². The third kappa shape index (κ3) is 4.42. The van der Waals surface area contributed by atoms with E-state index in [1.54, 1.807) is 24.3 Å². The molecule has 0 saturated heterocycles. The standard InChI is InChI=1S/C26H24ClN5O2/c1-28-19-10-7-17(8-11-19)15-31-16-20-5-3-2-4-6-25(33)29-22-13-18(27)9-12-21(22)23-14-24(26(31)34)32(20)30-23/h7-14,20H,2-6,15-16H2,(H,29,33).